The van der Waals surface area contributed by atoms with E-state index in [9.17, 15) is 19.5 Å². The molecule has 10 nitrogen and oxygen atoms in total. The Bertz CT molecular complexity index is 2310. The Morgan fingerprint density at radius 2 is 1.51 bits per heavy atom. The number of phenolic OH excluding ortho intramolecular Hbond substituents is 1. The number of carbonyl (C=O) groups is 3. The van der Waals surface area contributed by atoms with E-state index in [4.69, 9.17) is 0 Å². The van der Waals surface area contributed by atoms with Gasteiger partial charge in [0, 0.05) is 93.8 Å². The van der Waals surface area contributed by atoms with E-state index in [1.54, 1.807) is 36.2 Å². The van der Waals surface area contributed by atoms with Crippen LogP contribution in [0, 0.1) is 6.92 Å². The van der Waals surface area contributed by atoms with Gasteiger partial charge in [-0.05, 0) is 123 Å². The first-order valence-corrected chi connectivity index (χ1v) is 19.8. The number of nitrogens with zero attached hydrogens (tertiary/aromatic N) is 6. The summed E-state index contributed by atoms with van der Waals surface area (Å²) >= 11 is 0. The molecule has 1 atom stereocenters. The average molecular weight is 767 g/mol. The Balaban J connectivity index is 1.21. The Kier molecular flexibility index (Phi) is 11.3. The molecule has 1 aromatic heterocycles. The molecule has 0 bridgehead atoms. The van der Waals surface area contributed by atoms with Crippen LogP contribution in [-0.2, 0) is 44.2 Å². The van der Waals surface area contributed by atoms with Crippen LogP contribution in [0.15, 0.2) is 91.0 Å². The van der Waals surface area contributed by atoms with Crippen LogP contribution >= 0.6 is 0 Å². The van der Waals surface area contributed by atoms with Crippen molar-refractivity contribution in [2.75, 3.05) is 57.6 Å². The topological polar surface area (TPSA) is 92.6 Å². The molecule has 2 aliphatic rings. The molecule has 0 radical (unpaired) electrons. The van der Waals surface area contributed by atoms with Crippen LogP contribution in [0.3, 0.4) is 0 Å². The molecule has 1 N–H and O–H groups in total. The van der Waals surface area contributed by atoms with Crippen LogP contribution in [0.25, 0.3) is 11.3 Å². The summed E-state index contributed by atoms with van der Waals surface area (Å²) < 4.78 is 2.00. The molecule has 4 aromatic carbocycles. The Labute approximate surface area is 336 Å². The van der Waals surface area contributed by atoms with E-state index in [2.05, 4.69) is 74.3 Å². The summed E-state index contributed by atoms with van der Waals surface area (Å²) in [5.74, 6) is -0.0646. The predicted molar refractivity (Wildman–Crippen MR) is 227 cm³/mol. The zero-order chi connectivity index (χ0) is 40.5. The number of hydrogen-bond acceptors (Lipinski definition) is 6. The van der Waals surface area contributed by atoms with E-state index in [1.165, 1.54) is 5.56 Å². The highest BCUT2D eigenvalue weighted by atomic mass is 16.3. The maximum Gasteiger partial charge on any atom is 0.259 e. The summed E-state index contributed by atoms with van der Waals surface area (Å²) in [4.78, 5) is 52.6. The second-order valence-electron chi connectivity index (χ2n) is 16.0. The zero-order valence-electron chi connectivity index (χ0n) is 34.2. The Morgan fingerprint density at radius 3 is 2.25 bits per heavy atom. The average Bonchev–Trinajstić information content (AvgIpc) is 3.51. The van der Waals surface area contributed by atoms with Crippen LogP contribution in [0.1, 0.15) is 61.2 Å². The number of amides is 3. The number of likely N-dealkylation sites (N-methyl/N-ethyl adjacent to an activating group) is 2. The van der Waals surface area contributed by atoms with Crippen molar-refractivity contribution in [1.82, 2.24) is 19.3 Å². The summed E-state index contributed by atoms with van der Waals surface area (Å²) in [5.41, 5.74) is 10.6. The third-order valence-corrected chi connectivity index (χ3v) is 11.9. The van der Waals surface area contributed by atoms with E-state index in [-0.39, 0.29) is 29.5 Å². The molecule has 0 saturated heterocycles. The van der Waals surface area contributed by atoms with Gasteiger partial charge in [0.05, 0.1) is 12.0 Å². The molecule has 7 rings (SSSR count). The van der Waals surface area contributed by atoms with Crippen molar-refractivity contribution < 1.29 is 19.5 Å². The minimum absolute atomic E-state index is 0.0155. The zero-order valence-corrected chi connectivity index (χ0v) is 34.2. The fraction of sp³-hybridized carbons (Fsp3) is 0.340. The number of rotatable bonds is 10. The van der Waals surface area contributed by atoms with Gasteiger partial charge in [-0.15, -0.1) is 0 Å². The number of aromatic nitrogens is 1. The van der Waals surface area contributed by atoms with Crippen molar-refractivity contribution in [1.29, 1.82) is 0 Å². The van der Waals surface area contributed by atoms with Crippen molar-refractivity contribution in [3.05, 3.63) is 136 Å². The quantitative estimate of drug-likeness (QED) is 0.170. The van der Waals surface area contributed by atoms with E-state index in [0.717, 1.165) is 64.4 Å². The lowest BCUT2D eigenvalue weighted by molar-refractivity contribution is -0.131. The highest BCUT2D eigenvalue weighted by Crippen LogP contribution is 2.36. The molecule has 0 fully saturated rings. The molecule has 0 saturated carbocycles. The largest absolute Gasteiger partial charge is 0.508 e. The molecular weight excluding hydrogens is 713 g/mol. The van der Waals surface area contributed by atoms with Crippen molar-refractivity contribution in [2.24, 2.45) is 7.05 Å². The summed E-state index contributed by atoms with van der Waals surface area (Å²) in [6, 6.07) is 29.1. The van der Waals surface area contributed by atoms with Gasteiger partial charge in [0.15, 0.2) is 0 Å². The molecular formula is C47H54N6O4. The Morgan fingerprint density at radius 1 is 0.772 bits per heavy atom. The van der Waals surface area contributed by atoms with Gasteiger partial charge < -0.3 is 34.2 Å². The highest BCUT2D eigenvalue weighted by molar-refractivity contribution is 6.08. The standard InChI is InChI=1S/C47H54N6O4/c1-31-23-34-12-8-9-13-36(34)30-53(31)47(57)43-27-37-29-52(45(55)25-33-11-10-14-39(24-33)49(5)22-21-48(3)4)20-19-35(37)26-42(43)44-28-41(32(2)50(44)6)46(56)51(7)38-15-17-40(54)18-16-38/h8-18,24,26-28,31,54H,19-23,25,29-30H2,1-7H3/t31-/m1/s1. The summed E-state index contributed by atoms with van der Waals surface area (Å²) in [6.07, 6.45) is 1.72. The van der Waals surface area contributed by atoms with Gasteiger partial charge in [0.1, 0.15) is 5.75 Å². The van der Waals surface area contributed by atoms with Gasteiger partial charge >= 0.3 is 0 Å². The second-order valence-corrected chi connectivity index (χ2v) is 16.0. The minimum Gasteiger partial charge on any atom is -0.508 e. The van der Waals surface area contributed by atoms with Crippen molar-refractivity contribution >= 4 is 29.1 Å². The number of benzene rings is 4. The second kappa shape index (κ2) is 16.3. The lowest BCUT2D eigenvalue weighted by atomic mass is 9.89. The van der Waals surface area contributed by atoms with Gasteiger partial charge in [-0.25, -0.2) is 0 Å². The lowest BCUT2D eigenvalue weighted by Crippen LogP contribution is -2.43. The van der Waals surface area contributed by atoms with E-state index >= 15 is 0 Å². The number of fused-ring (bicyclic) bond motifs is 2. The van der Waals surface area contributed by atoms with Crippen LogP contribution in [-0.4, -0.2) is 96.0 Å². The fourth-order valence-corrected chi connectivity index (χ4v) is 8.13. The van der Waals surface area contributed by atoms with Crippen LogP contribution < -0.4 is 9.80 Å². The van der Waals surface area contributed by atoms with Gasteiger partial charge in [0.25, 0.3) is 11.8 Å². The molecule has 5 aromatic rings. The van der Waals surface area contributed by atoms with Gasteiger partial charge in [-0.2, -0.15) is 0 Å². The third-order valence-electron chi connectivity index (χ3n) is 11.9. The summed E-state index contributed by atoms with van der Waals surface area (Å²) in [6.45, 7) is 7.35. The smallest absolute Gasteiger partial charge is 0.259 e. The summed E-state index contributed by atoms with van der Waals surface area (Å²) in [5, 5.41) is 9.81. The van der Waals surface area contributed by atoms with Crippen molar-refractivity contribution in [2.45, 2.75) is 52.2 Å². The monoisotopic (exact) mass is 766 g/mol. The van der Waals surface area contributed by atoms with E-state index in [1.807, 2.05) is 58.7 Å². The normalized spacial score (nSPS) is 15.0. The number of carbonyl (C=O) groups excluding carboxylic acids is 3. The molecule has 10 heteroatoms. The first-order valence-electron chi connectivity index (χ1n) is 19.8. The third kappa shape index (κ3) is 8.18. The number of aromatic hydroxyl groups is 1. The molecule has 3 heterocycles. The van der Waals surface area contributed by atoms with Crippen molar-refractivity contribution in [3.8, 4) is 17.0 Å². The fourth-order valence-electron chi connectivity index (χ4n) is 8.13. The Hall–Kier alpha value is -5.87. The predicted octanol–water partition coefficient (Wildman–Crippen LogP) is 6.69. The minimum atomic E-state index is -0.188. The van der Waals surface area contributed by atoms with E-state index < -0.39 is 0 Å². The number of phenols is 1. The molecule has 0 unspecified atom stereocenters. The number of hydrogen-bond donors (Lipinski definition) is 1. The van der Waals surface area contributed by atoms with Crippen LogP contribution in [0.2, 0.25) is 0 Å². The maximum absolute atomic E-state index is 14.9. The molecule has 3 amide bonds. The number of anilines is 2. The van der Waals surface area contributed by atoms with Crippen LogP contribution in [0.5, 0.6) is 5.75 Å². The van der Waals surface area contributed by atoms with E-state index in [0.29, 0.717) is 49.3 Å². The van der Waals surface area contributed by atoms with Crippen LogP contribution in [0.4, 0.5) is 11.4 Å². The SMILES string of the molecule is Cc1c(C(=O)N(C)c2ccc(O)cc2)cc(-c2cc3c(cc2C(=O)N2Cc4ccccc4C[C@H]2C)CN(C(=O)Cc2cccc(N(C)CCN(C)C)c2)CC3)n1C. The van der Waals surface area contributed by atoms with Gasteiger partial charge in [-0.1, -0.05) is 36.4 Å². The molecule has 0 spiro atoms. The highest BCUT2D eigenvalue weighted by Gasteiger charge is 2.32. The molecule has 296 valence electrons. The first-order chi connectivity index (χ1) is 27.3. The molecule has 0 aliphatic carbocycles. The maximum atomic E-state index is 14.9. The van der Waals surface area contributed by atoms with Crippen molar-refractivity contribution in [3.63, 3.8) is 0 Å². The molecule has 57 heavy (non-hydrogen) atoms. The summed E-state index contributed by atoms with van der Waals surface area (Å²) in [7, 11) is 9.86. The first kappa shape index (κ1) is 39.4. The molecule has 2 aliphatic heterocycles. The lowest BCUT2D eigenvalue weighted by Gasteiger charge is -2.36. The van der Waals surface area contributed by atoms with Gasteiger partial charge in [-0.3, -0.25) is 14.4 Å². The van der Waals surface area contributed by atoms with Gasteiger partial charge in [0.2, 0.25) is 5.91 Å².